The van der Waals surface area contributed by atoms with Crippen molar-refractivity contribution >= 4 is 11.3 Å². The highest BCUT2D eigenvalue weighted by atomic mass is 16.5. The van der Waals surface area contributed by atoms with Crippen molar-refractivity contribution in [2.45, 2.75) is 12.8 Å². The molecule has 84 valence electrons. The number of hydrogen-bond acceptors (Lipinski definition) is 4. The average Bonchev–Trinajstić information content (AvgIpc) is 2.90. The van der Waals surface area contributed by atoms with E-state index in [0.29, 0.717) is 11.6 Å². The molecule has 0 aromatic carbocycles. The van der Waals surface area contributed by atoms with Crippen LogP contribution < -0.4 is 5.73 Å². The monoisotopic (exact) mass is 218 g/mol. The van der Waals surface area contributed by atoms with Crippen LogP contribution in [0.4, 0.5) is 5.69 Å². The summed E-state index contributed by atoms with van der Waals surface area (Å²) in [6.07, 6.45) is 3.97. The maximum absolute atomic E-state index is 5.83. The molecule has 2 aromatic rings. The predicted molar refractivity (Wildman–Crippen MR) is 60.0 cm³/mol. The van der Waals surface area contributed by atoms with Gasteiger partial charge in [0.2, 0.25) is 0 Å². The Morgan fingerprint density at radius 3 is 3.25 bits per heavy atom. The number of aromatic nitrogens is 3. The van der Waals surface area contributed by atoms with E-state index in [1.807, 2.05) is 22.7 Å². The fraction of sp³-hybridized carbons (Fsp3) is 0.455. The zero-order chi connectivity index (χ0) is 11.0. The van der Waals surface area contributed by atoms with Gasteiger partial charge in [-0.1, -0.05) is 0 Å². The number of nitrogen functional groups attached to an aromatic ring is 1. The summed E-state index contributed by atoms with van der Waals surface area (Å²) in [5.41, 5.74) is 7.25. The molecule has 3 rings (SSSR count). The van der Waals surface area contributed by atoms with Crippen molar-refractivity contribution in [3.63, 3.8) is 0 Å². The van der Waals surface area contributed by atoms with Crippen LogP contribution in [-0.2, 0) is 11.2 Å². The summed E-state index contributed by atoms with van der Waals surface area (Å²) in [5.74, 6) is 1.53. The first-order valence-electron chi connectivity index (χ1n) is 5.50. The minimum Gasteiger partial charge on any atom is -0.396 e. The Morgan fingerprint density at radius 1 is 1.50 bits per heavy atom. The number of pyridine rings is 1. The molecule has 0 bridgehead atoms. The first kappa shape index (κ1) is 9.59. The minimum absolute atomic E-state index is 0.564. The molecule has 1 unspecified atom stereocenters. The Kier molecular flexibility index (Phi) is 2.25. The minimum atomic E-state index is 0.564. The fourth-order valence-corrected chi connectivity index (χ4v) is 2.13. The van der Waals surface area contributed by atoms with Crippen molar-refractivity contribution in [1.29, 1.82) is 0 Å². The number of ether oxygens (including phenoxy) is 1. The number of anilines is 1. The third-order valence-electron chi connectivity index (χ3n) is 3.03. The van der Waals surface area contributed by atoms with Crippen LogP contribution in [0.15, 0.2) is 18.3 Å². The van der Waals surface area contributed by atoms with Crippen LogP contribution in [0.5, 0.6) is 0 Å². The normalized spacial score (nSPS) is 20.6. The summed E-state index contributed by atoms with van der Waals surface area (Å²) in [6, 6.07) is 3.76. The maximum Gasteiger partial charge on any atom is 0.183 e. The van der Waals surface area contributed by atoms with E-state index < -0.39 is 0 Å². The van der Waals surface area contributed by atoms with Crippen LogP contribution in [0.3, 0.4) is 0 Å². The second-order valence-electron chi connectivity index (χ2n) is 4.21. The second kappa shape index (κ2) is 3.75. The topological polar surface area (TPSA) is 65.4 Å². The highest BCUT2D eigenvalue weighted by molar-refractivity contribution is 5.63. The lowest BCUT2D eigenvalue weighted by Gasteiger charge is -2.05. The third kappa shape index (κ3) is 1.53. The Bertz CT molecular complexity index is 502. The standard InChI is InChI=1S/C11H14N4O/c12-9-2-1-4-15-10(13-14-11(9)15)6-8-3-5-16-7-8/h1-2,4,8H,3,5-7,12H2. The van der Waals surface area contributed by atoms with E-state index in [-0.39, 0.29) is 0 Å². The maximum atomic E-state index is 5.83. The van der Waals surface area contributed by atoms with Gasteiger partial charge in [-0.15, -0.1) is 10.2 Å². The lowest BCUT2D eigenvalue weighted by Crippen LogP contribution is -2.07. The summed E-state index contributed by atoms with van der Waals surface area (Å²) in [6.45, 7) is 1.70. The average molecular weight is 218 g/mol. The van der Waals surface area contributed by atoms with Crippen molar-refractivity contribution in [3.05, 3.63) is 24.2 Å². The van der Waals surface area contributed by atoms with Crippen LogP contribution in [0.2, 0.25) is 0 Å². The molecular formula is C11H14N4O. The van der Waals surface area contributed by atoms with Crippen molar-refractivity contribution in [2.24, 2.45) is 5.92 Å². The van der Waals surface area contributed by atoms with Gasteiger partial charge >= 0.3 is 0 Å². The second-order valence-corrected chi connectivity index (χ2v) is 4.21. The molecule has 1 fully saturated rings. The summed E-state index contributed by atoms with van der Waals surface area (Å²) in [4.78, 5) is 0. The Morgan fingerprint density at radius 2 is 2.44 bits per heavy atom. The molecule has 0 radical (unpaired) electrons. The number of nitrogens with two attached hydrogens (primary N) is 1. The van der Waals surface area contributed by atoms with Crippen molar-refractivity contribution in [1.82, 2.24) is 14.6 Å². The molecule has 5 heteroatoms. The Hall–Kier alpha value is -1.62. The van der Waals surface area contributed by atoms with Gasteiger partial charge in [0.15, 0.2) is 5.65 Å². The highest BCUT2D eigenvalue weighted by Crippen LogP contribution is 2.19. The highest BCUT2D eigenvalue weighted by Gasteiger charge is 2.19. The predicted octanol–water partition coefficient (Wildman–Crippen LogP) is 0.890. The number of rotatable bonds is 2. The molecule has 1 atom stereocenters. The van der Waals surface area contributed by atoms with E-state index in [4.69, 9.17) is 10.5 Å². The third-order valence-corrected chi connectivity index (χ3v) is 3.03. The number of hydrogen-bond donors (Lipinski definition) is 1. The molecule has 0 spiro atoms. The molecule has 16 heavy (non-hydrogen) atoms. The van der Waals surface area contributed by atoms with Gasteiger partial charge in [-0.25, -0.2) is 0 Å². The molecule has 5 nitrogen and oxygen atoms in total. The largest absolute Gasteiger partial charge is 0.396 e. The fourth-order valence-electron chi connectivity index (χ4n) is 2.13. The number of nitrogens with zero attached hydrogens (tertiary/aromatic N) is 3. The van der Waals surface area contributed by atoms with Crippen LogP contribution in [0, 0.1) is 5.92 Å². The summed E-state index contributed by atoms with van der Waals surface area (Å²) in [5, 5.41) is 8.30. The molecule has 1 aliphatic heterocycles. The molecule has 0 aliphatic carbocycles. The van der Waals surface area contributed by atoms with Crippen LogP contribution in [-0.4, -0.2) is 27.8 Å². The molecule has 1 saturated heterocycles. The zero-order valence-electron chi connectivity index (χ0n) is 8.97. The SMILES string of the molecule is Nc1cccn2c(CC3CCOC3)nnc12. The van der Waals surface area contributed by atoms with E-state index in [1.165, 1.54) is 0 Å². The van der Waals surface area contributed by atoms with Crippen LogP contribution in [0.25, 0.3) is 5.65 Å². The van der Waals surface area contributed by atoms with Gasteiger partial charge in [0.05, 0.1) is 5.69 Å². The van der Waals surface area contributed by atoms with E-state index in [9.17, 15) is 0 Å². The smallest absolute Gasteiger partial charge is 0.183 e. The van der Waals surface area contributed by atoms with Crippen LogP contribution in [0.1, 0.15) is 12.2 Å². The van der Waals surface area contributed by atoms with Crippen LogP contribution >= 0.6 is 0 Å². The Balaban J connectivity index is 1.94. The van der Waals surface area contributed by atoms with E-state index in [0.717, 1.165) is 37.5 Å². The van der Waals surface area contributed by atoms with Gasteiger partial charge in [-0.2, -0.15) is 0 Å². The molecule has 2 N–H and O–H groups in total. The molecule has 3 heterocycles. The molecule has 1 aliphatic rings. The van der Waals surface area contributed by atoms with Gasteiger partial charge in [-0.05, 0) is 24.5 Å². The van der Waals surface area contributed by atoms with E-state index in [2.05, 4.69) is 10.2 Å². The van der Waals surface area contributed by atoms with Gasteiger partial charge in [0.25, 0.3) is 0 Å². The van der Waals surface area contributed by atoms with Crippen molar-refractivity contribution in [2.75, 3.05) is 18.9 Å². The Labute approximate surface area is 93.2 Å². The first-order chi connectivity index (χ1) is 7.84. The van der Waals surface area contributed by atoms with E-state index in [1.54, 1.807) is 0 Å². The van der Waals surface area contributed by atoms with Gasteiger partial charge in [0, 0.05) is 25.8 Å². The van der Waals surface area contributed by atoms with Gasteiger partial charge < -0.3 is 10.5 Å². The van der Waals surface area contributed by atoms with E-state index >= 15 is 0 Å². The molecule has 0 saturated carbocycles. The molecule has 2 aromatic heterocycles. The van der Waals surface area contributed by atoms with Gasteiger partial charge in [-0.3, -0.25) is 4.40 Å². The summed E-state index contributed by atoms with van der Waals surface area (Å²) < 4.78 is 7.33. The van der Waals surface area contributed by atoms with Gasteiger partial charge in [0.1, 0.15) is 5.82 Å². The first-order valence-corrected chi connectivity index (χ1v) is 5.50. The lowest BCUT2D eigenvalue weighted by atomic mass is 10.1. The lowest BCUT2D eigenvalue weighted by molar-refractivity contribution is 0.185. The summed E-state index contributed by atoms with van der Waals surface area (Å²) >= 11 is 0. The summed E-state index contributed by atoms with van der Waals surface area (Å²) in [7, 11) is 0. The zero-order valence-corrected chi connectivity index (χ0v) is 8.97. The quantitative estimate of drug-likeness (QED) is 0.813. The van der Waals surface area contributed by atoms with Crippen molar-refractivity contribution in [3.8, 4) is 0 Å². The molecular weight excluding hydrogens is 204 g/mol. The number of fused-ring (bicyclic) bond motifs is 1. The molecule has 0 amide bonds. The van der Waals surface area contributed by atoms with Crippen molar-refractivity contribution < 1.29 is 4.74 Å².